The van der Waals surface area contributed by atoms with Crippen LogP contribution in [0.4, 0.5) is 0 Å². The Morgan fingerprint density at radius 2 is 1.42 bits per heavy atom. The summed E-state index contributed by atoms with van der Waals surface area (Å²) in [6.07, 6.45) is -6.40. The fourth-order valence-electron chi connectivity index (χ4n) is 3.15. The molecular formula is C21H25BrO11. The quantitative estimate of drug-likeness (QED) is 0.359. The maximum absolute atomic E-state index is 11.9. The van der Waals surface area contributed by atoms with Gasteiger partial charge in [-0.3, -0.25) is 19.2 Å². The lowest BCUT2D eigenvalue weighted by atomic mass is 9.98. The molecule has 182 valence electrons. The number of esters is 4. The lowest BCUT2D eigenvalue weighted by molar-refractivity contribution is -0.288. The van der Waals surface area contributed by atoms with Gasteiger partial charge in [0.15, 0.2) is 23.7 Å². The molecule has 0 radical (unpaired) electrons. The Morgan fingerprint density at radius 3 is 1.97 bits per heavy atom. The fraction of sp³-hybridized carbons (Fsp3) is 0.524. The number of hydrogen-bond acceptors (Lipinski definition) is 11. The molecule has 11 nitrogen and oxygen atoms in total. The van der Waals surface area contributed by atoms with Gasteiger partial charge < -0.3 is 33.2 Å². The third-order valence-corrected chi connectivity index (χ3v) is 4.81. The number of hydrogen-bond donors (Lipinski definition) is 0. The summed E-state index contributed by atoms with van der Waals surface area (Å²) in [5, 5.41) is 0. The standard InChI is InChI=1S/C21H25BrO11/c1-10(23)28-9-17-18(29-11(2)24)19(30-12(3)25)20(31-13(4)26)21(33-17)32-16-8-14(22)6-7-15(16)27-5/h6-8,17-21H,9H2,1-5H3/t17-,18-,19+,20-,21-/m1/s1. The van der Waals surface area contributed by atoms with E-state index in [0.29, 0.717) is 10.2 Å². The van der Waals surface area contributed by atoms with E-state index in [1.807, 2.05) is 0 Å². The van der Waals surface area contributed by atoms with Crippen LogP contribution >= 0.6 is 15.9 Å². The molecule has 0 unspecified atom stereocenters. The van der Waals surface area contributed by atoms with Crippen molar-refractivity contribution in [3.8, 4) is 11.5 Å². The molecule has 1 aromatic carbocycles. The largest absolute Gasteiger partial charge is 0.493 e. The van der Waals surface area contributed by atoms with Crippen LogP contribution in [-0.2, 0) is 42.9 Å². The van der Waals surface area contributed by atoms with Crippen molar-refractivity contribution in [1.82, 2.24) is 0 Å². The van der Waals surface area contributed by atoms with E-state index < -0.39 is 54.6 Å². The Labute approximate surface area is 198 Å². The van der Waals surface area contributed by atoms with E-state index in [0.717, 1.165) is 20.8 Å². The van der Waals surface area contributed by atoms with Crippen molar-refractivity contribution >= 4 is 39.8 Å². The second kappa shape index (κ2) is 11.8. The first-order valence-corrected chi connectivity index (χ1v) is 10.6. The van der Waals surface area contributed by atoms with Gasteiger partial charge in [0.1, 0.15) is 12.7 Å². The van der Waals surface area contributed by atoms with Crippen LogP contribution in [0.15, 0.2) is 22.7 Å². The first-order chi connectivity index (χ1) is 15.5. The molecular weight excluding hydrogens is 508 g/mol. The van der Waals surface area contributed by atoms with Gasteiger partial charge in [0.05, 0.1) is 7.11 Å². The number of halogens is 1. The average Bonchev–Trinajstić information content (AvgIpc) is 2.70. The highest BCUT2D eigenvalue weighted by Gasteiger charge is 2.53. The summed E-state index contributed by atoms with van der Waals surface area (Å²) in [6.45, 7) is 4.26. The van der Waals surface area contributed by atoms with E-state index in [1.165, 1.54) is 14.0 Å². The molecule has 33 heavy (non-hydrogen) atoms. The van der Waals surface area contributed by atoms with Crippen molar-refractivity contribution < 1.29 is 52.3 Å². The first-order valence-electron chi connectivity index (χ1n) is 9.82. The molecule has 0 amide bonds. The second-order valence-corrected chi connectivity index (χ2v) is 7.90. The molecule has 0 N–H and O–H groups in total. The summed E-state index contributed by atoms with van der Waals surface area (Å²) >= 11 is 3.33. The third kappa shape index (κ3) is 7.60. The highest BCUT2D eigenvalue weighted by molar-refractivity contribution is 9.10. The van der Waals surface area contributed by atoms with Crippen LogP contribution in [0.3, 0.4) is 0 Å². The normalized spacial score (nSPS) is 24.2. The minimum atomic E-state index is -1.35. The molecule has 0 saturated carbocycles. The van der Waals surface area contributed by atoms with Gasteiger partial charge in [0.25, 0.3) is 0 Å². The third-order valence-electron chi connectivity index (χ3n) is 4.32. The van der Waals surface area contributed by atoms with Crippen LogP contribution in [0.2, 0.25) is 0 Å². The summed E-state index contributed by atoms with van der Waals surface area (Å²) in [6, 6.07) is 4.94. The van der Waals surface area contributed by atoms with E-state index >= 15 is 0 Å². The molecule has 12 heteroatoms. The zero-order valence-electron chi connectivity index (χ0n) is 18.7. The summed E-state index contributed by atoms with van der Waals surface area (Å²) < 4.78 is 38.9. The van der Waals surface area contributed by atoms with Crippen LogP contribution in [-0.4, -0.2) is 68.3 Å². The lowest BCUT2D eigenvalue weighted by Crippen LogP contribution is -2.63. The summed E-state index contributed by atoms with van der Waals surface area (Å²) in [7, 11) is 1.43. The number of ether oxygens (including phenoxy) is 7. The monoisotopic (exact) mass is 532 g/mol. The van der Waals surface area contributed by atoms with Crippen molar-refractivity contribution in [3.63, 3.8) is 0 Å². The molecule has 1 aromatic rings. The smallest absolute Gasteiger partial charge is 0.303 e. The summed E-state index contributed by atoms with van der Waals surface area (Å²) in [5.41, 5.74) is 0. The topological polar surface area (TPSA) is 133 Å². The van der Waals surface area contributed by atoms with Crippen molar-refractivity contribution in [3.05, 3.63) is 22.7 Å². The van der Waals surface area contributed by atoms with Gasteiger partial charge in [-0.15, -0.1) is 0 Å². The molecule has 0 aromatic heterocycles. The van der Waals surface area contributed by atoms with Gasteiger partial charge in [0, 0.05) is 32.2 Å². The number of methoxy groups -OCH3 is 1. The Bertz CT molecular complexity index is 887. The maximum atomic E-state index is 11.9. The SMILES string of the molecule is COc1ccc(Br)cc1O[C@@H]1O[C@H](COC(C)=O)[C@@H](OC(C)=O)[C@H](OC(C)=O)[C@H]1OC(C)=O. The molecule has 0 aliphatic carbocycles. The first kappa shape index (κ1) is 26.4. The van der Waals surface area contributed by atoms with Crippen LogP contribution in [0.5, 0.6) is 11.5 Å². The molecule has 1 aliphatic rings. The van der Waals surface area contributed by atoms with E-state index in [1.54, 1.807) is 18.2 Å². The van der Waals surface area contributed by atoms with E-state index in [4.69, 9.17) is 33.2 Å². The Hall–Kier alpha value is -2.86. The van der Waals surface area contributed by atoms with Crippen LogP contribution < -0.4 is 9.47 Å². The minimum absolute atomic E-state index is 0.216. The maximum Gasteiger partial charge on any atom is 0.303 e. The van der Waals surface area contributed by atoms with Gasteiger partial charge >= 0.3 is 23.9 Å². The number of rotatable bonds is 8. The molecule has 0 bridgehead atoms. The second-order valence-electron chi connectivity index (χ2n) is 6.98. The molecule has 1 heterocycles. The molecule has 0 spiro atoms. The predicted octanol–water partition coefficient (Wildman–Crippen LogP) is 1.92. The minimum Gasteiger partial charge on any atom is -0.493 e. The Morgan fingerprint density at radius 1 is 0.848 bits per heavy atom. The number of carbonyl (C=O) groups excluding carboxylic acids is 4. The van der Waals surface area contributed by atoms with Crippen LogP contribution in [0.25, 0.3) is 0 Å². The van der Waals surface area contributed by atoms with Crippen molar-refractivity contribution in [1.29, 1.82) is 0 Å². The molecule has 1 fully saturated rings. The van der Waals surface area contributed by atoms with Gasteiger partial charge in [-0.25, -0.2) is 0 Å². The van der Waals surface area contributed by atoms with E-state index in [-0.39, 0.29) is 12.4 Å². The Kier molecular flexibility index (Phi) is 9.47. The van der Waals surface area contributed by atoms with Crippen molar-refractivity contribution in [2.75, 3.05) is 13.7 Å². The van der Waals surface area contributed by atoms with Crippen molar-refractivity contribution in [2.45, 2.75) is 58.4 Å². The van der Waals surface area contributed by atoms with Crippen LogP contribution in [0, 0.1) is 0 Å². The lowest BCUT2D eigenvalue weighted by Gasteiger charge is -2.44. The van der Waals surface area contributed by atoms with Gasteiger partial charge in [-0.05, 0) is 18.2 Å². The Balaban J connectivity index is 2.51. The average molecular weight is 533 g/mol. The van der Waals surface area contributed by atoms with E-state index in [9.17, 15) is 19.2 Å². The number of carbonyl (C=O) groups is 4. The summed E-state index contributed by atoms with van der Waals surface area (Å²) in [5.74, 6) is -2.24. The highest BCUT2D eigenvalue weighted by atomic mass is 79.9. The predicted molar refractivity (Wildman–Crippen MR) is 113 cm³/mol. The summed E-state index contributed by atoms with van der Waals surface area (Å²) in [4.78, 5) is 46.9. The molecule has 1 aliphatic heterocycles. The van der Waals surface area contributed by atoms with Crippen LogP contribution in [0.1, 0.15) is 27.7 Å². The van der Waals surface area contributed by atoms with E-state index in [2.05, 4.69) is 15.9 Å². The van der Waals surface area contributed by atoms with Gasteiger partial charge in [0.2, 0.25) is 12.4 Å². The zero-order valence-corrected chi connectivity index (χ0v) is 20.3. The highest BCUT2D eigenvalue weighted by Crippen LogP contribution is 2.35. The molecule has 1 saturated heterocycles. The van der Waals surface area contributed by atoms with Gasteiger partial charge in [-0.1, -0.05) is 15.9 Å². The number of benzene rings is 1. The zero-order chi connectivity index (χ0) is 24.7. The molecule has 2 rings (SSSR count). The van der Waals surface area contributed by atoms with Crippen molar-refractivity contribution in [2.24, 2.45) is 0 Å². The fourth-order valence-corrected chi connectivity index (χ4v) is 3.49. The van der Waals surface area contributed by atoms with Gasteiger partial charge in [-0.2, -0.15) is 0 Å². The molecule has 5 atom stereocenters.